The van der Waals surface area contributed by atoms with Crippen molar-refractivity contribution in [1.82, 2.24) is 5.32 Å². The van der Waals surface area contributed by atoms with Gasteiger partial charge in [0.05, 0.1) is 18.1 Å². The summed E-state index contributed by atoms with van der Waals surface area (Å²) in [5.41, 5.74) is 1.05. The Morgan fingerprint density at radius 3 is 2.63 bits per heavy atom. The quantitative estimate of drug-likeness (QED) is 0.875. The number of hydrogen-bond donors (Lipinski definition) is 2. The minimum atomic E-state index is -0.383. The van der Waals surface area contributed by atoms with E-state index in [9.17, 15) is 9.90 Å². The number of nitrogens with one attached hydrogen (secondary N) is 1. The molecule has 0 aliphatic heterocycles. The molecule has 1 aliphatic carbocycles. The standard InChI is InChI=1S/C16H23NO2/c1-2-13(12-8-4-3-5-9-12)16(19)17-14-10-6-7-11-15(14)18/h3-5,8-9,13-15,18H,2,6-7,10-11H2,1H3,(H,17,19)/t13?,14-,15-/m1/s1. The fourth-order valence-electron chi connectivity index (χ4n) is 2.82. The molecule has 0 bridgehead atoms. The van der Waals surface area contributed by atoms with Crippen LogP contribution in [0.1, 0.15) is 50.5 Å². The molecule has 0 heterocycles. The maximum atomic E-state index is 12.4. The van der Waals surface area contributed by atoms with Crippen LogP contribution in [-0.2, 0) is 4.79 Å². The fourth-order valence-corrected chi connectivity index (χ4v) is 2.82. The van der Waals surface area contributed by atoms with Crippen molar-refractivity contribution < 1.29 is 9.90 Å². The van der Waals surface area contributed by atoms with Crippen LogP contribution >= 0.6 is 0 Å². The van der Waals surface area contributed by atoms with E-state index in [1.165, 1.54) is 0 Å². The predicted octanol–water partition coefficient (Wildman–Crippen LogP) is 2.60. The predicted molar refractivity (Wildman–Crippen MR) is 75.9 cm³/mol. The monoisotopic (exact) mass is 261 g/mol. The summed E-state index contributed by atoms with van der Waals surface area (Å²) in [5.74, 6) is -0.0741. The van der Waals surface area contributed by atoms with Gasteiger partial charge >= 0.3 is 0 Å². The largest absolute Gasteiger partial charge is 0.391 e. The summed E-state index contributed by atoms with van der Waals surface area (Å²) in [6, 6.07) is 9.79. The third-order valence-electron chi connectivity index (χ3n) is 3.98. The third kappa shape index (κ3) is 3.57. The maximum absolute atomic E-state index is 12.4. The van der Waals surface area contributed by atoms with Gasteiger partial charge in [-0.15, -0.1) is 0 Å². The number of benzene rings is 1. The number of amides is 1. The van der Waals surface area contributed by atoms with Gasteiger partial charge in [-0.3, -0.25) is 4.79 Å². The molecule has 3 atom stereocenters. The molecule has 1 fully saturated rings. The van der Waals surface area contributed by atoms with E-state index in [0.717, 1.165) is 37.7 Å². The molecule has 19 heavy (non-hydrogen) atoms. The zero-order valence-corrected chi connectivity index (χ0v) is 11.5. The van der Waals surface area contributed by atoms with E-state index in [-0.39, 0.29) is 24.0 Å². The van der Waals surface area contributed by atoms with Gasteiger partial charge in [0.1, 0.15) is 0 Å². The summed E-state index contributed by atoms with van der Waals surface area (Å²) in [7, 11) is 0. The Morgan fingerprint density at radius 1 is 1.32 bits per heavy atom. The normalized spacial score (nSPS) is 24.7. The molecule has 0 saturated heterocycles. The second-order valence-electron chi connectivity index (χ2n) is 5.34. The highest BCUT2D eigenvalue weighted by atomic mass is 16.3. The molecule has 1 saturated carbocycles. The van der Waals surface area contributed by atoms with Crippen LogP contribution in [0.3, 0.4) is 0 Å². The topological polar surface area (TPSA) is 49.3 Å². The first-order valence-electron chi connectivity index (χ1n) is 7.25. The minimum Gasteiger partial charge on any atom is -0.391 e. The van der Waals surface area contributed by atoms with Gasteiger partial charge in [-0.05, 0) is 24.8 Å². The van der Waals surface area contributed by atoms with Crippen molar-refractivity contribution in [3.8, 4) is 0 Å². The average molecular weight is 261 g/mol. The molecule has 104 valence electrons. The van der Waals surface area contributed by atoms with Crippen LogP contribution in [0, 0.1) is 0 Å². The lowest BCUT2D eigenvalue weighted by Crippen LogP contribution is -2.46. The zero-order valence-electron chi connectivity index (χ0n) is 11.5. The minimum absolute atomic E-state index is 0.0413. The maximum Gasteiger partial charge on any atom is 0.227 e. The summed E-state index contributed by atoms with van der Waals surface area (Å²) >= 11 is 0. The molecule has 1 aromatic carbocycles. The van der Waals surface area contributed by atoms with E-state index >= 15 is 0 Å². The lowest BCUT2D eigenvalue weighted by Gasteiger charge is -2.29. The van der Waals surface area contributed by atoms with Crippen molar-refractivity contribution in [2.75, 3.05) is 0 Å². The Bertz CT molecular complexity index is 404. The van der Waals surface area contributed by atoms with Crippen molar-refractivity contribution in [2.45, 2.75) is 57.1 Å². The molecule has 3 heteroatoms. The van der Waals surface area contributed by atoms with E-state index in [2.05, 4.69) is 5.32 Å². The van der Waals surface area contributed by atoms with Gasteiger partial charge in [0.25, 0.3) is 0 Å². The van der Waals surface area contributed by atoms with Crippen molar-refractivity contribution in [3.05, 3.63) is 35.9 Å². The summed E-state index contributed by atoms with van der Waals surface area (Å²) in [6.45, 7) is 2.02. The smallest absolute Gasteiger partial charge is 0.227 e. The van der Waals surface area contributed by atoms with E-state index in [1.54, 1.807) is 0 Å². The Kier molecular flexibility index (Phi) is 4.97. The van der Waals surface area contributed by atoms with Crippen molar-refractivity contribution in [2.24, 2.45) is 0 Å². The zero-order chi connectivity index (χ0) is 13.7. The highest BCUT2D eigenvalue weighted by Crippen LogP contribution is 2.22. The van der Waals surface area contributed by atoms with Crippen LogP contribution in [0.2, 0.25) is 0 Å². The second kappa shape index (κ2) is 6.71. The van der Waals surface area contributed by atoms with E-state index in [1.807, 2.05) is 37.3 Å². The molecule has 1 unspecified atom stereocenters. The fraction of sp³-hybridized carbons (Fsp3) is 0.562. The molecule has 0 radical (unpaired) electrons. The van der Waals surface area contributed by atoms with Gasteiger partial charge in [0.15, 0.2) is 0 Å². The Morgan fingerprint density at radius 2 is 2.00 bits per heavy atom. The van der Waals surface area contributed by atoms with Crippen LogP contribution in [0.15, 0.2) is 30.3 Å². The summed E-state index contributed by atoms with van der Waals surface area (Å²) in [4.78, 5) is 12.4. The van der Waals surface area contributed by atoms with Gasteiger partial charge in [-0.1, -0.05) is 50.1 Å². The lowest BCUT2D eigenvalue weighted by atomic mass is 9.90. The molecular formula is C16H23NO2. The number of carbonyl (C=O) groups is 1. The van der Waals surface area contributed by atoms with Crippen LogP contribution in [-0.4, -0.2) is 23.2 Å². The molecule has 1 aromatic rings. The first kappa shape index (κ1) is 14.1. The highest BCUT2D eigenvalue weighted by Gasteiger charge is 2.27. The molecule has 1 aliphatic rings. The summed E-state index contributed by atoms with van der Waals surface area (Å²) in [6.07, 6.45) is 4.23. The van der Waals surface area contributed by atoms with Crippen molar-refractivity contribution in [1.29, 1.82) is 0 Å². The van der Waals surface area contributed by atoms with Crippen LogP contribution in [0.4, 0.5) is 0 Å². The van der Waals surface area contributed by atoms with Gasteiger partial charge in [0.2, 0.25) is 5.91 Å². The molecule has 0 aromatic heterocycles. The van der Waals surface area contributed by atoms with E-state index < -0.39 is 0 Å². The Balaban J connectivity index is 2.01. The first-order chi connectivity index (χ1) is 9.22. The van der Waals surface area contributed by atoms with Gasteiger partial charge in [-0.25, -0.2) is 0 Å². The number of aliphatic hydroxyl groups is 1. The number of aliphatic hydroxyl groups excluding tert-OH is 1. The summed E-state index contributed by atoms with van der Waals surface area (Å²) < 4.78 is 0. The molecular weight excluding hydrogens is 238 g/mol. The molecule has 2 N–H and O–H groups in total. The van der Waals surface area contributed by atoms with E-state index in [0.29, 0.717) is 0 Å². The number of rotatable bonds is 4. The molecule has 0 spiro atoms. The van der Waals surface area contributed by atoms with Crippen molar-refractivity contribution >= 4 is 5.91 Å². The Hall–Kier alpha value is -1.35. The van der Waals surface area contributed by atoms with Crippen molar-refractivity contribution in [3.63, 3.8) is 0 Å². The molecule has 1 amide bonds. The lowest BCUT2D eigenvalue weighted by molar-refractivity contribution is -0.124. The molecule has 3 nitrogen and oxygen atoms in total. The van der Waals surface area contributed by atoms with Gasteiger partial charge in [-0.2, -0.15) is 0 Å². The van der Waals surface area contributed by atoms with Gasteiger partial charge in [0, 0.05) is 0 Å². The third-order valence-corrected chi connectivity index (χ3v) is 3.98. The SMILES string of the molecule is CCC(C(=O)N[C@@H]1CCCC[C@H]1O)c1ccccc1. The number of hydrogen-bond acceptors (Lipinski definition) is 2. The summed E-state index contributed by atoms with van der Waals surface area (Å²) in [5, 5.41) is 13.0. The first-order valence-corrected chi connectivity index (χ1v) is 7.25. The van der Waals surface area contributed by atoms with Crippen LogP contribution in [0.5, 0.6) is 0 Å². The second-order valence-corrected chi connectivity index (χ2v) is 5.34. The van der Waals surface area contributed by atoms with Crippen LogP contribution in [0.25, 0.3) is 0 Å². The van der Waals surface area contributed by atoms with E-state index in [4.69, 9.17) is 0 Å². The number of carbonyl (C=O) groups excluding carboxylic acids is 1. The van der Waals surface area contributed by atoms with Gasteiger partial charge < -0.3 is 10.4 Å². The molecule has 2 rings (SSSR count). The highest BCUT2D eigenvalue weighted by molar-refractivity contribution is 5.83. The van der Waals surface area contributed by atoms with Crippen LogP contribution < -0.4 is 5.32 Å². The Labute approximate surface area is 115 Å². The average Bonchev–Trinajstić information content (AvgIpc) is 2.43.